The highest BCUT2D eigenvalue weighted by molar-refractivity contribution is 5.25. The molecule has 0 saturated carbocycles. The molecule has 2 aromatic rings. The van der Waals surface area contributed by atoms with Gasteiger partial charge in [0.05, 0.1) is 0 Å². The topological polar surface area (TPSA) is 32.7 Å². The molecule has 1 saturated heterocycles. The van der Waals surface area contributed by atoms with Gasteiger partial charge in [-0.25, -0.2) is 13.2 Å². The molecule has 0 spiro atoms. The maximum atomic E-state index is 13.6. The Morgan fingerprint density at radius 2 is 1.84 bits per heavy atom. The number of aryl methyl sites for hydroxylation is 1. The molecule has 3 rings (SSSR count). The second kappa shape index (κ2) is 7.45. The molecule has 0 bridgehead atoms. The zero-order valence-electron chi connectivity index (χ0n) is 13.9. The molecule has 0 aromatic heterocycles. The molecule has 134 valence electrons. The number of rotatable bonds is 4. The number of hydrogen-bond donors (Lipinski definition) is 1. The standard InChI is InChI=1S/C19H20F3NO2/c1-12-2-3-13(6-17(12)22)10-23-5-4-19(18(24)11-23)25-16-8-14(20)7-15(21)9-16/h2-3,6-9,18-19,24H,4-5,10-11H2,1H3/t18-,19-/m1/s1. The maximum Gasteiger partial charge on any atom is 0.129 e. The molecule has 1 aliphatic heterocycles. The molecule has 0 aliphatic carbocycles. The SMILES string of the molecule is Cc1ccc(CN2CC[C@@H](Oc3cc(F)cc(F)c3)[C@H](O)C2)cc1F. The van der Waals surface area contributed by atoms with Crippen molar-refractivity contribution < 1.29 is 23.0 Å². The molecule has 2 atom stereocenters. The van der Waals surface area contributed by atoms with Crippen LogP contribution in [-0.4, -0.2) is 35.3 Å². The van der Waals surface area contributed by atoms with Crippen LogP contribution in [0.15, 0.2) is 36.4 Å². The minimum atomic E-state index is -0.796. The molecule has 1 aliphatic rings. The summed E-state index contributed by atoms with van der Waals surface area (Å²) in [5.74, 6) is -1.62. The molecule has 3 nitrogen and oxygen atoms in total. The average Bonchev–Trinajstić information content (AvgIpc) is 2.53. The minimum Gasteiger partial charge on any atom is -0.487 e. The minimum absolute atomic E-state index is 0.0654. The summed E-state index contributed by atoms with van der Waals surface area (Å²) >= 11 is 0. The number of piperidine rings is 1. The summed E-state index contributed by atoms with van der Waals surface area (Å²) in [6.07, 6.45) is -0.823. The molecule has 1 fully saturated rings. The van der Waals surface area contributed by atoms with Crippen LogP contribution < -0.4 is 4.74 Å². The third-order valence-corrected chi connectivity index (χ3v) is 4.37. The number of ether oxygens (including phenoxy) is 1. The second-order valence-electron chi connectivity index (χ2n) is 6.44. The molecule has 0 radical (unpaired) electrons. The van der Waals surface area contributed by atoms with Crippen molar-refractivity contribution in [2.24, 2.45) is 0 Å². The van der Waals surface area contributed by atoms with Gasteiger partial charge in [-0.1, -0.05) is 12.1 Å². The van der Waals surface area contributed by atoms with Crippen LogP contribution in [0.2, 0.25) is 0 Å². The van der Waals surface area contributed by atoms with Gasteiger partial charge in [0, 0.05) is 37.8 Å². The van der Waals surface area contributed by atoms with Crippen LogP contribution in [-0.2, 0) is 6.54 Å². The smallest absolute Gasteiger partial charge is 0.129 e. The Labute approximate surface area is 144 Å². The van der Waals surface area contributed by atoms with Gasteiger partial charge >= 0.3 is 0 Å². The van der Waals surface area contributed by atoms with Crippen molar-refractivity contribution in [3.8, 4) is 5.75 Å². The van der Waals surface area contributed by atoms with Crippen molar-refractivity contribution in [1.82, 2.24) is 4.90 Å². The molecule has 0 unspecified atom stereocenters. The summed E-state index contributed by atoms with van der Waals surface area (Å²) in [5, 5.41) is 10.3. The Morgan fingerprint density at radius 3 is 2.48 bits per heavy atom. The number of nitrogens with zero attached hydrogens (tertiary/aromatic N) is 1. The third-order valence-electron chi connectivity index (χ3n) is 4.37. The van der Waals surface area contributed by atoms with Crippen molar-refractivity contribution in [1.29, 1.82) is 0 Å². The Kier molecular flexibility index (Phi) is 5.30. The van der Waals surface area contributed by atoms with E-state index >= 15 is 0 Å². The lowest BCUT2D eigenvalue weighted by Crippen LogP contribution is -2.48. The van der Waals surface area contributed by atoms with Gasteiger partial charge in [-0.15, -0.1) is 0 Å². The van der Waals surface area contributed by atoms with E-state index in [2.05, 4.69) is 0 Å². The van der Waals surface area contributed by atoms with Gasteiger partial charge in [-0.2, -0.15) is 0 Å². The molecular formula is C19H20F3NO2. The predicted octanol–water partition coefficient (Wildman–Crippen LogP) is 3.43. The summed E-state index contributed by atoms with van der Waals surface area (Å²) in [4.78, 5) is 2.00. The van der Waals surface area contributed by atoms with Crippen LogP contribution >= 0.6 is 0 Å². The molecule has 2 aromatic carbocycles. The van der Waals surface area contributed by atoms with Crippen LogP contribution in [0.5, 0.6) is 5.75 Å². The molecule has 1 N–H and O–H groups in total. The number of hydrogen-bond acceptors (Lipinski definition) is 3. The van der Waals surface area contributed by atoms with Crippen LogP contribution in [0, 0.1) is 24.4 Å². The van der Waals surface area contributed by atoms with Gasteiger partial charge in [0.15, 0.2) is 0 Å². The molecule has 0 amide bonds. The first-order chi connectivity index (χ1) is 11.9. The lowest BCUT2D eigenvalue weighted by atomic mass is 10.0. The fraction of sp³-hybridized carbons (Fsp3) is 0.368. The van der Waals surface area contributed by atoms with Gasteiger partial charge in [0.1, 0.15) is 35.4 Å². The highest BCUT2D eigenvalue weighted by Crippen LogP contribution is 2.23. The highest BCUT2D eigenvalue weighted by Gasteiger charge is 2.29. The fourth-order valence-electron chi connectivity index (χ4n) is 3.02. The van der Waals surface area contributed by atoms with Crippen LogP contribution in [0.1, 0.15) is 17.5 Å². The summed E-state index contributed by atoms with van der Waals surface area (Å²) < 4.78 is 45.6. The first-order valence-corrected chi connectivity index (χ1v) is 8.19. The van der Waals surface area contributed by atoms with Crippen molar-refractivity contribution in [2.75, 3.05) is 13.1 Å². The number of benzene rings is 2. The Morgan fingerprint density at radius 1 is 1.12 bits per heavy atom. The van der Waals surface area contributed by atoms with Gasteiger partial charge in [-0.3, -0.25) is 4.90 Å². The van der Waals surface area contributed by atoms with Crippen LogP contribution in [0.3, 0.4) is 0 Å². The van der Waals surface area contributed by atoms with E-state index in [4.69, 9.17) is 4.74 Å². The summed E-state index contributed by atoms with van der Waals surface area (Å²) in [7, 11) is 0. The van der Waals surface area contributed by atoms with Gasteiger partial charge in [0.25, 0.3) is 0 Å². The van der Waals surface area contributed by atoms with E-state index in [1.807, 2.05) is 11.0 Å². The number of aliphatic hydroxyl groups excluding tert-OH is 1. The first kappa shape index (κ1) is 17.8. The molecule has 1 heterocycles. The molecule has 6 heteroatoms. The van der Waals surface area contributed by atoms with Crippen LogP contribution in [0.4, 0.5) is 13.2 Å². The van der Waals surface area contributed by atoms with Crippen molar-refractivity contribution in [3.63, 3.8) is 0 Å². The quantitative estimate of drug-likeness (QED) is 0.916. The number of halogens is 3. The lowest BCUT2D eigenvalue weighted by Gasteiger charge is -2.36. The van der Waals surface area contributed by atoms with E-state index in [1.54, 1.807) is 13.0 Å². The second-order valence-corrected chi connectivity index (χ2v) is 6.44. The summed E-state index contributed by atoms with van der Waals surface area (Å²) in [6, 6.07) is 8.05. The molecule has 25 heavy (non-hydrogen) atoms. The van der Waals surface area contributed by atoms with E-state index in [0.29, 0.717) is 31.6 Å². The predicted molar refractivity (Wildman–Crippen MR) is 87.8 cm³/mol. The van der Waals surface area contributed by atoms with E-state index in [0.717, 1.165) is 23.8 Å². The van der Waals surface area contributed by atoms with Gasteiger partial charge in [0.2, 0.25) is 0 Å². The zero-order valence-corrected chi connectivity index (χ0v) is 13.9. The summed E-state index contributed by atoms with van der Waals surface area (Å²) in [6.45, 7) is 3.21. The summed E-state index contributed by atoms with van der Waals surface area (Å²) in [5.41, 5.74) is 1.43. The average molecular weight is 351 g/mol. The Hall–Kier alpha value is -2.05. The number of aliphatic hydroxyl groups is 1. The van der Waals surface area contributed by atoms with Gasteiger partial charge in [-0.05, 0) is 30.5 Å². The number of β-amino-alcohol motifs (C(OH)–C–C–N with tert-alkyl or cyclic N) is 1. The monoisotopic (exact) mass is 351 g/mol. The molecular weight excluding hydrogens is 331 g/mol. The van der Waals surface area contributed by atoms with Gasteiger partial charge < -0.3 is 9.84 Å². The normalized spacial score (nSPS) is 21.3. The van der Waals surface area contributed by atoms with E-state index in [-0.39, 0.29) is 11.6 Å². The van der Waals surface area contributed by atoms with Crippen LogP contribution in [0.25, 0.3) is 0 Å². The van der Waals surface area contributed by atoms with E-state index < -0.39 is 23.8 Å². The number of likely N-dealkylation sites (tertiary alicyclic amines) is 1. The van der Waals surface area contributed by atoms with E-state index in [1.165, 1.54) is 6.07 Å². The Balaban J connectivity index is 1.59. The van der Waals surface area contributed by atoms with Crippen molar-refractivity contribution in [2.45, 2.75) is 32.1 Å². The van der Waals surface area contributed by atoms with E-state index in [9.17, 15) is 18.3 Å². The lowest BCUT2D eigenvalue weighted by molar-refractivity contribution is -0.0277. The fourth-order valence-corrected chi connectivity index (χ4v) is 3.02. The maximum absolute atomic E-state index is 13.6. The highest BCUT2D eigenvalue weighted by atomic mass is 19.1. The van der Waals surface area contributed by atoms with Crippen molar-refractivity contribution in [3.05, 3.63) is 65.0 Å². The zero-order chi connectivity index (χ0) is 18.0. The third kappa shape index (κ3) is 4.52. The Bertz CT molecular complexity index is 733. The largest absolute Gasteiger partial charge is 0.487 e. The van der Waals surface area contributed by atoms with Crippen molar-refractivity contribution >= 4 is 0 Å². The first-order valence-electron chi connectivity index (χ1n) is 8.19.